The van der Waals surface area contributed by atoms with Crippen LogP contribution in [0.25, 0.3) is 0 Å². The smallest absolute Gasteiger partial charge is 0.338 e. The molecule has 84 valence electrons. The maximum Gasteiger partial charge on any atom is 0.338 e. The first kappa shape index (κ1) is 11.9. The number of carboxylic acids is 1. The summed E-state index contributed by atoms with van der Waals surface area (Å²) < 4.78 is 4.82. The molecular weight excluding hydrogens is 210 g/mol. The van der Waals surface area contributed by atoms with Gasteiger partial charge in [0.05, 0.1) is 5.56 Å². The minimum Gasteiger partial charge on any atom is -0.478 e. The van der Waals surface area contributed by atoms with E-state index in [1.165, 1.54) is 6.07 Å². The standard InChI is InChI=1S/C11H11NO4/c1-2-3-4-5-12-10(13)9-6-8(7-16-9)11(14)15/h6-7H,4-5H2,1H3,(H,12,13)(H,14,15). The first-order valence-electron chi connectivity index (χ1n) is 4.64. The van der Waals surface area contributed by atoms with Crippen LogP contribution in [0.2, 0.25) is 0 Å². The third-order valence-corrected chi connectivity index (χ3v) is 1.78. The summed E-state index contributed by atoms with van der Waals surface area (Å²) in [5, 5.41) is 11.2. The van der Waals surface area contributed by atoms with Crippen LogP contribution in [0, 0.1) is 11.8 Å². The topological polar surface area (TPSA) is 79.5 Å². The molecule has 1 aromatic rings. The second-order valence-electron chi connectivity index (χ2n) is 2.94. The lowest BCUT2D eigenvalue weighted by atomic mass is 10.3. The van der Waals surface area contributed by atoms with Crippen molar-refractivity contribution in [3.8, 4) is 11.8 Å². The lowest BCUT2D eigenvalue weighted by molar-refractivity contribution is 0.0696. The summed E-state index contributed by atoms with van der Waals surface area (Å²) in [5.74, 6) is 3.91. The number of hydrogen-bond donors (Lipinski definition) is 2. The molecule has 0 bridgehead atoms. The fourth-order valence-electron chi connectivity index (χ4n) is 1.02. The molecule has 1 heterocycles. The molecule has 1 aromatic heterocycles. The average molecular weight is 221 g/mol. The van der Waals surface area contributed by atoms with Crippen molar-refractivity contribution in [2.75, 3.05) is 6.54 Å². The largest absolute Gasteiger partial charge is 0.478 e. The average Bonchev–Trinajstić information content (AvgIpc) is 2.73. The van der Waals surface area contributed by atoms with E-state index in [-0.39, 0.29) is 11.3 Å². The SMILES string of the molecule is CC#CCCNC(=O)c1cc(C(=O)O)co1. The molecular formula is C11H11NO4. The Hall–Kier alpha value is -2.22. The maximum atomic E-state index is 11.4. The first-order chi connectivity index (χ1) is 7.65. The van der Waals surface area contributed by atoms with Crippen molar-refractivity contribution in [1.82, 2.24) is 5.32 Å². The minimum atomic E-state index is -1.13. The Kier molecular flexibility index (Phi) is 4.16. The predicted octanol–water partition coefficient (Wildman–Crippen LogP) is 1.12. The third kappa shape index (κ3) is 3.17. The number of nitrogens with one attached hydrogen (secondary N) is 1. The summed E-state index contributed by atoms with van der Waals surface area (Å²) in [6, 6.07) is 1.18. The zero-order valence-electron chi connectivity index (χ0n) is 8.74. The number of amides is 1. The Morgan fingerprint density at radius 1 is 1.56 bits per heavy atom. The van der Waals surface area contributed by atoms with Crippen LogP contribution in [0.3, 0.4) is 0 Å². The number of carbonyl (C=O) groups is 2. The molecule has 0 radical (unpaired) electrons. The van der Waals surface area contributed by atoms with Crippen LogP contribution in [-0.2, 0) is 0 Å². The summed E-state index contributed by atoms with van der Waals surface area (Å²) in [5.41, 5.74) is -0.0431. The fraction of sp³-hybridized carbons (Fsp3) is 0.273. The zero-order chi connectivity index (χ0) is 12.0. The molecule has 16 heavy (non-hydrogen) atoms. The lowest BCUT2D eigenvalue weighted by Crippen LogP contribution is -2.23. The van der Waals surface area contributed by atoms with Crippen molar-refractivity contribution in [1.29, 1.82) is 0 Å². The molecule has 0 saturated heterocycles. The van der Waals surface area contributed by atoms with E-state index < -0.39 is 11.9 Å². The van der Waals surface area contributed by atoms with Gasteiger partial charge in [-0.25, -0.2) is 4.79 Å². The van der Waals surface area contributed by atoms with E-state index in [0.29, 0.717) is 13.0 Å². The number of carbonyl (C=O) groups excluding carboxylic acids is 1. The second kappa shape index (κ2) is 5.61. The van der Waals surface area contributed by atoms with Crippen LogP contribution in [0.1, 0.15) is 34.3 Å². The van der Waals surface area contributed by atoms with Crippen molar-refractivity contribution in [2.45, 2.75) is 13.3 Å². The predicted molar refractivity (Wildman–Crippen MR) is 56.1 cm³/mol. The third-order valence-electron chi connectivity index (χ3n) is 1.78. The highest BCUT2D eigenvalue weighted by Gasteiger charge is 2.13. The van der Waals surface area contributed by atoms with Gasteiger partial charge in [-0.1, -0.05) is 0 Å². The van der Waals surface area contributed by atoms with E-state index in [0.717, 1.165) is 6.26 Å². The molecule has 5 heteroatoms. The van der Waals surface area contributed by atoms with E-state index in [1.54, 1.807) is 6.92 Å². The second-order valence-corrected chi connectivity index (χ2v) is 2.94. The Labute approximate surface area is 92.4 Å². The molecule has 0 atom stereocenters. The Morgan fingerprint density at radius 3 is 2.88 bits per heavy atom. The van der Waals surface area contributed by atoms with E-state index in [1.807, 2.05) is 0 Å². The van der Waals surface area contributed by atoms with Crippen LogP contribution in [-0.4, -0.2) is 23.5 Å². The van der Waals surface area contributed by atoms with E-state index >= 15 is 0 Å². The van der Waals surface area contributed by atoms with Crippen molar-refractivity contribution in [3.05, 3.63) is 23.7 Å². The highest BCUT2D eigenvalue weighted by atomic mass is 16.4. The minimum absolute atomic E-state index is 0.0122. The van der Waals surface area contributed by atoms with Gasteiger partial charge >= 0.3 is 5.97 Å². The van der Waals surface area contributed by atoms with E-state index in [2.05, 4.69) is 17.2 Å². The summed E-state index contributed by atoms with van der Waals surface area (Å²) in [6.07, 6.45) is 1.58. The molecule has 0 aliphatic rings. The van der Waals surface area contributed by atoms with Gasteiger partial charge < -0.3 is 14.8 Å². The molecule has 0 aromatic carbocycles. The normalized spacial score (nSPS) is 9.06. The van der Waals surface area contributed by atoms with Crippen molar-refractivity contribution >= 4 is 11.9 Å². The van der Waals surface area contributed by atoms with Crippen molar-refractivity contribution in [3.63, 3.8) is 0 Å². The van der Waals surface area contributed by atoms with Gasteiger partial charge in [0.15, 0.2) is 5.76 Å². The van der Waals surface area contributed by atoms with E-state index in [9.17, 15) is 9.59 Å². The molecule has 0 saturated carbocycles. The van der Waals surface area contributed by atoms with Crippen LogP contribution >= 0.6 is 0 Å². The van der Waals surface area contributed by atoms with Crippen molar-refractivity contribution in [2.24, 2.45) is 0 Å². The molecule has 1 rings (SSSR count). The van der Waals surface area contributed by atoms with Gasteiger partial charge in [-0.15, -0.1) is 11.8 Å². The van der Waals surface area contributed by atoms with Gasteiger partial charge in [-0.2, -0.15) is 0 Å². The van der Waals surface area contributed by atoms with Crippen LogP contribution < -0.4 is 5.32 Å². The Bertz CT molecular complexity index is 450. The summed E-state index contributed by atoms with van der Waals surface area (Å²) in [7, 11) is 0. The van der Waals surface area contributed by atoms with Gasteiger partial charge in [0.2, 0.25) is 0 Å². The number of rotatable bonds is 4. The number of carboxylic acid groups (broad SMARTS) is 1. The highest BCUT2D eigenvalue weighted by molar-refractivity contribution is 5.95. The van der Waals surface area contributed by atoms with Crippen LogP contribution in [0.15, 0.2) is 16.7 Å². The Balaban J connectivity index is 2.51. The zero-order valence-corrected chi connectivity index (χ0v) is 8.74. The molecule has 0 fully saturated rings. The quantitative estimate of drug-likeness (QED) is 0.589. The van der Waals surface area contributed by atoms with Crippen LogP contribution in [0.4, 0.5) is 0 Å². The Morgan fingerprint density at radius 2 is 2.31 bits per heavy atom. The summed E-state index contributed by atoms with van der Waals surface area (Å²) in [6.45, 7) is 2.12. The highest BCUT2D eigenvalue weighted by Crippen LogP contribution is 2.07. The number of furan rings is 1. The van der Waals surface area contributed by atoms with Crippen LogP contribution in [0.5, 0.6) is 0 Å². The van der Waals surface area contributed by atoms with Gasteiger partial charge in [0.25, 0.3) is 5.91 Å². The maximum absolute atomic E-state index is 11.4. The first-order valence-corrected chi connectivity index (χ1v) is 4.64. The molecule has 5 nitrogen and oxygen atoms in total. The molecule has 0 spiro atoms. The number of hydrogen-bond acceptors (Lipinski definition) is 3. The molecule has 0 unspecified atom stereocenters. The number of aromatic carboxylic acids is 1. The molecule has 0 aliphatic heterocycles. The monoisotopic (exact) mass is 221 g/mol. The fourth-order valence-corrected chi connectivity index (χ4v) is 1.02. The van der Waals surface area contributed by atoms with E-state index in [4.69, 9.17) is 9.52 Å². The van der Waals surface area contributed by atoms with Crippen molar-refractivity contribution < 1.29 is 19.1 Å². The van der Waals surface area contributed by atoms with Gasteiger partial charge in [0.1, 0.15) is 6.26 Å². The molecule has 0 aliphatic carbocycles. The van der Waals surface area contributed by atoms with Gasteiger partial charge in [-0.3, -0.25) is 4.79 Å². The molecule has 2 N–H and O–H groups in total. The lowest BCUT2D eigenvalue weighted by Gasteiger charge is -1.98. The van der Waals surface area contributed by atoms with Gasteiger partial charge in [-0.05, 0) is 6.92 Å². The summed E-state index contributed by atoms with van der Waals surface area (Å²) in [4.78, 5) is 21.9. The summed E-state index contributed by atoms with van der Waals surface area (Å²) >= 11 is 0. The molecule has 1 amide bonds. The van der Waals surface area contributed by atoms with Gasteiger partial charge in [0, 0.05) is 19.0 Å².